The molecule has 0 saturated heterocycles. The molecule has 0 aliphatic rings. The van der Waals surface area contributed by atoms with Crippen molar-refractivity contribution in [2.45, 2.75) is 0 Å². The van der Waals surface area contributed by atoms with Crippen LogP contribution < -0.4 is 11.3 Å². The average Bonchev–Trinajstić information content (AvgIpc) is 2.65. The molecule has 0 radical (unpaired) electrons. The maximum absolute atomic E-state index is 5.28. The lowest BCUT2D eigenvalue weighted by atomic mass is 10.3. The summed E-state index contributed by atoms with van der Waals surface area (Å²) in [5.41, 5.74) is 3.33. The topological polar surface area (TPSA) is 88.3 Å². The van der Waals surface area contributed by atoms with Crippen LogP contribution in [0, 0.1) is 0 Å². The van der Waals surface area contributed by atoms with Crippen molar-refractivity contribution in [2.75, 3.05) is 20.3 Å². The Labute approximate surface area is 76.2 Å². The van der Waals surface area contributed by atoms with Crippen LogP contribution in [-0.2, 0) is 4.74 Å². The molecule has 0 unspecified atom stereocenters. The second-order valence-corrected chi connectivity index (χ2v) is 2.35. The number of H-pyrrole nitrogens is 1. The zero-order chi connectivity index (χ0) is 9.52. The van der Waals surface area contributed by atoms with Gasteiger partial charge in [-0.1, -0.05) is 0 Å². The van der Waals surface area contributed by atoms with E-state index in [1.807, 2.05) is 0 Å². The van der Waals surface area contributed by atoms with Gasteiger partial charge in [-0.25, -0.2) is 5.84 Å². The Morgan fingerprint density at radius 3 is 3.23 bits per heavy atom. The van der Waals surface area contributed by atoms with Gasteiger partial charge in [0.1, 0.15) is 5.84 Å². The van der Waals surface area contributed by atoms with E-state index >= 15 is 0 Å². The molecule has 0 aliphatic heterocycles. The minimum absolute atomic E-state index is 0.571. The van der Waals surface area contributed by atoms with Crippen molar-refractivity contribution in [3.8, 4) is 0 Å². The molecule has 0 atom stereocenters. The Kier molecular flexibility index (Phi) is 3.94. The Balaban J connectivity index is 2.57. The highest BCUT2D eigenvalue weighted by Gasteiger charge is 2.00. The van der Waals surface area contributed by atoms with Crippen LogP contribution in [0.3, 0.4) is 0 Å². The first kappa shape index (κ1) is 9.69. The fourth-order valence-electron chi connectivity index (χ4n) is 0.849. The summed E-state index contributed by atoms with van der Waals surface area (Å²) >= 11 is 0. The van der Waals surface area contributed by atoms with Gasteiger partial charge >= 0.3 is 0 Å². The molecule has 0 aliphatic carbocycles. The van der Waals surface area contributed by atoms with Crippen LogP contribution in [0.25, 0.3) is 0 Å². The molecule has 0 aromatic carbocycles. The summed E-state index contributed by atoms with van der Waals surface area (Å²) in [6.07, 6.45) is 3.36. The maximum atomic E-state index is 5.28. The zero-order valence-corrected chi connectivity index (χ0v) is 7.45. The van der Waals surface area contributed by atoms with Gasteiger partial charge in [-0.15, -0.1) is 0 Å². The molecule has 0 saturated carbocycles. The molecule has 72 valence electrons. The highest BCUT2D eigenvalue weighted by Crippen LogP contribution is 1.93. The minimum Gasteiger partial charge on any atom is -0.383 e. The quantitative estimate of drug-likeness (QED) is 0.189. The number of nitrogens with one attached hydrogen (secondary N) is 2. The van der Waals surface area contributed by atoms with E-state index in [9.17, 15) is 0 Å². The molecule has 0 fully saturated rings. The Morgan fingerprint density at radius 1 is 1.85 bits per heavy atom. The maximum Gasteiger partial charge on any atom is 0.145 e. The molecule has 1 heterocycles. The molecule has 1 aromatic heterocycles. The van der Waals surface area contributed by atoms with Gasteiger partial charge in [-0.2, -0.15) is 5.10 Å². The lowest BCUT2D eigenvalue weighted by molar-refractivity contribution is 0.208. The lowest BCUT2D eigenvalue weighted by Crippen LogP contribution is -2.31. The largest absolute Gasteiger partial charge is 0.383 e. The average molecular weight is 183 g/mol. The smallest absolute Gasteiger partial charge is 0.145 e. The third kappa shape index (κ3) is 2.85. The molecule has 1 aromatic rings. The van der Waals surface area contributed by atoms with Gasteiger partial charge in [-0.05, 0) is 0 Å². The molecular formula is C7H13N5O. The summed E-state index contributed by atoms with van der Waals surface area (Å²) in [5, 5.41) is 6.46. The highest BCUT2D eigenvalue weighted by molar-refractivity contribution is 5.97. The number of hydrogen-bond acceptors (Lipinski definition) is 4. The summed E-state index contributed by atoms with van der Waals surface area (Å²) in [4.78, 5) is 4.17. The second-order valence-electron chi connectivity index (χ2n) is 2.35. The first-order valence-electron chi connectivity index (χ1n) is 3.87. The molecule has 0 spiro atoms. The Hall–Kier alpha value is -1.40. The Morgan fingerprint density at radius 2 is 2.69 bits per heavy atom. The predicted molar refractivity (Wildman–Crippen MR) is 49.2 cm³/mol. The van der Waals surface area contributed by atoms with Crippen LogP contribution in [0.15, 0.2) is 17.4 Å². The number of hydrazine groups is 1. The summed E-state index contributed by atoms with van der Waals surface area (Å²) in [6, 6.07) is 0. The first-order valence-corrected chi connectivity index (χ1v) is 3.87. The van der Waals surface area contributed by atoms with Crippen LogP contribution in [0.5, 0.6) is 0 Å². The molecule has 0 amide bonds. The third-order valence-electron chi connectivity index (χ3n) is 1.47. The molecule has 6 heteroatoms. The van der Waals surface area contributed by atoms with Gasteiger partial charge < -0.3 is 10.2 Å². The van der Waals surface area contributed by atoms with Crippen LogP contribution >= 0.6 is 0 Å². The number of hydrogen-bond donors (Lipinski definition) is 3. The highest BCUT2D eigenvalue weighted by atomic mass is 16.5. The molecule has 13 heavy (non-hydrogen) atoms. The normalized spacial score (nSPS) is 11.7. The first-order chi connectivity index (χ1) is 6.38. The monoisotopic (exact) mass is 183 g/mol. The molecule has 1 rings (SSSR count). The second kappa shape index (κ2) is 5.28. The number of nitrogens with zero attached hydrogens (tertiary/aromatic N) is 2. The third-order valence-corrected chi connectivity index (χ3v) is 1.47. The molecular weight excluding hydrogens is 170 g/mol. The van der Waals surface area contributed by atoms with Gasteiger partial charge in [0, 0.05) is 13.3 Å². The Bertz CT molecular complexity index is 256. The van der Waals surface area contributed by atoms with Crippen LogP contribution in [0.4, 0.5) is 0 Å². The number of amidine groups is 1. The number of aromatic nitrogens is 2. The van der Waals surface area contributed by atoms with Gasteiger partial charge in [0.2, 0.25) is 0 Å². The van der Waals surface area contributed by atoms with Crippen molar-refractivity contribution in [1.29, 1.82) is 0 Å². The van der Waals surface area contributed by atoms with E-state index in [1.165, 1.54) is 0 Å². The van der Waals surface area contributed by atoms with E-state index in [4.69, 9.17) is 10.6 Å². The molecule has 0 bridgehead atoms. The van der Waals surface area contributed by atoms with Crippen molar-refractivity contribution in [2.24, 2.45) is 10.8 Å². The van der Waals surface area contributed by atoms with Gasteiger partial charge in [0.05, 0.1) is 24.9 Å². The van der Waals surface area contributed by atoms with Gasteiger partial charge in [-0.3, -0.25) is 10.1 Å². The molecule has 4 N–H and O–H groups in total. The van der Waals surface area contributed by atoms with Crippen LogP contribution in [0.1, 0.15) is 5.56 Å². The van der Waals surface area contributed by atoms with Crippen molar-refractivity contribution < 1.29 is 4.74 Å². The van der Waals surface area contributed by atoms with Gasteiger partial charge in [0.15, 0.2) is 0 Å². The van der Waals surface area contributed by atoms with E-state index in [0.29, 0.717) is 19.0 Å². The SMILES string of the molecule is COCCN=C(NN)c1cn[nH]c1. The van der Waals surface area contributed by atoms with E-state index in [0.717, 1.165) is 5.56 Å². The number of ether oxygens (including phenoxy) is 1. The number of methoxy groups -OCH3 is 1. The van der Waals surface area contributed by atoms with Crippen LogP contribution in [-0.4, -0.2) is 36.3 Å². The van der Waals surface area contributed by atoms with E-state index in [1.54, 1.807) is 19.5 Å². The lowest BCUT2D eigenvalue weighted by Gasteiger charge is -2.01. The van der Waals surface area contributed by atoms with E-state index < -0.39 is 0 Å². The number of aromatic amines is 1. The summed E-state index contributed by atoms with van der Waals surface area (Å²) in [6.45, 7) is 1.14. The van der Waals surface area contributed by atoms with Gasteiger partial charge in [0.25, 0.3) is 0 Å². The number of nitrogens with two attached hydrogens (primary N) is 1. The number of aliphatic imine (C=N–C) groups is 1. The van der Waals surface area contributed by atoms with Crippen LogP contribution in [0.2, 0.25) is 0 Å². The standard InChI is InChI=1S/C7H13N5O/c1-13-3-2-9-7(12-8)6-4-10-11-5-6/h4-5H,2-3,8H2,1H3,(H,9,12)(H,10,11). The zero-order valence-electron chi connectivity index (χ0n) is 7.45. The van der Waals surface area contributed by atoms with Crippen molar-refractivity contribution in [3.05, 3.63) is 18.0 Å². The van der Waals surface area contributed by atoms with Crippen molar-refractivity contribution >= 4 is 5.84 Å². The van der Waals surface area contributed by atoms with Crippen molar-refractivity contribution in [3.63, 3.8) is 0 Å². The summed E-state index contributed by atoms with van der Waals surface area (Å²) in [5.74, 6) is 5.89. The number of rotatable bonds is 4. The minimum atomic E-state index is 0.571. The van der Waals surface area contributed by atoms with Crippen molar-refractivity contribution in [1.82, 2.24) is 15.6 Å². The predicted octanol–water partition coefficient (Wildman–Crippen LogP) is -0.734. The summed E-state index contributed by atoms with van der Waals surface area (Å²) < 4.78 is 4.85. The van der Waals surface area contributed by atoms with E-state index in [2.05, 4.69) is 20.6 Å². The fraction of sp³-hybridized carbons (Fsp3) is 0.429. The summed E-state index contributed by atoms with van der Waals surface area (Å²) in [7, 11) is 1.63. The fourth-order valence-corrected chi connectivity index (χ4v) is 0.849. The van der Waals surface area contributed by atoms with E-state index in [-0.39, 0.29) is 0 Å². The molecule has 6 nitrogen and oxygen atoms in total.